The number of rotatable bonds is 3. The number of aromatic carboxylic acids is 1. The third-order valence-corrected chi connectivity index (χ3v) is 3.11. The second kappa shape index (κ2) is 6.20. The fraction of sp³-hybridized carbons (Fsp3) is 0. The molecule has 2 aromatic carbocycles. The van der Waals surface area contributed by atoms with Crippen LogP contribution in [0, 0.1) is 11.3 Å². The summed E-state index contributed by atoms with van der Waals surface area (Å²) in [5.41, 5.74) is 1.12. The molecule has 0 aliphatic carbocycles. The van der Waals surface area contributed by atoms with Crippen molar-refractivity contribution in [2.45, 2.75) is 0 Å². The van der Waals surface area contributed by atoms with Crippen LogP contribution in [-0.4, -0.2) is 17.0 Å². The van der Waals surface area contributed by atoms with Crippen LogP contribution in [0.25, 0.3) is 0 Å². The van der Waals surface area contributed by atoms with E-state index in [1.807, 2.05) is 6.07 Å². The Morgan fingerprint density at radius 3 is 2.57 bits per heavy atom. The van der Waals surface area contributed by atoms with Gasteiger partial charge in [-0.05, 0) is 36.4 Å². The Bertz CT molecular complexity index is 766. The van der Waals surface area contributed by atoms with E-state index in [1.54, 1.807) is 24.3 Å². The summed E-state index contributed by atoms with van der Waals surface area (Å²) >= 11 is 3.19. The lowest BCUT2D eigenvalue weighted by Crippen LogP contribution is -2.12. The van der Waals surface area contributed by atoms with E-state index in [0.717, 1.165) is 0 Å². The van der Waals surface area contributed by atoms with Crippen molar-refractivity contribution in [3.05, 3.63) is 63.6 Å². The summed E-state index contributed by atoms with van der Waals surface area (Å²) in [6.07, 6.45) is 0. The van der Waals surface area contributed by atoms with Crippen LogP contribution in [0.2, 0.25) is 0 Å². The number of carbonyl (C=O) groups excluding carboxylic acids is 1. The number of carboxylic acids is 1. The summed E-state index contributed by atoms with van der Waals surface area (Å²) in [5.74, 6) is -1.50. The number of amides is 1. The number of hydrogen-bond acceptors (Lipinski definition) is 3. The monoisotopic (exact) mass is 344 g/mol. The van der Waals surface area contributed by atoms with Crippen molar-refractivity contribution in [1.29, 1.82) is 5.26 Å². The minimum absolute atomic E-state index is 0.0606. The zero-order chi connectivity index (χ0) is 15.4. The van der Waals surface area contributed by atoms with Crippen molar-refractivity contribution in [2.24, 2.45) is 0 Å². The van der Waals surface area contributed by atoms with E-state index in [9.17, 15) is 9.59 Å². The number of anilines is 1. The Kier molecular flexibility index (Phi) is 4.36. The van der Waals surface area contributed by atoms with Gasteiger partial charge in [0, 0.05) is 15.7 Å². The molecule has 0 saturated heterocycles. The van der Waals surface area contributed by atoms with Gasteiger partial charge in [-0.25, -0.2) is 4.79 Å². The molecule has 0 aliphatic heterocycles. The van der Waals surface area contributed by atoms with Gasteiger partial charge >= 0.3 is 5.97 Å². The van der Waals surface area contributed by atoms with Crippen molar-refractivity contribution in [3.63, 3.8) is 0 Å². The molecule has 0 fully saturated rings. The molecule has 2 rings (SSSR count). The van der Waals surface area contributed by atoms with E-state index in [0.29, 0.717) is 21.3 Å². The highest BCUT2D eigenvalue weighted by atomic mass is 79.9. The fourth-order valence-corrected chi connectivity index (χ4v) is 2.21. The van der Waals surface area contributed by atoms with Crippen LogP contribution in [0.4, 0.5) is 5.69 Å². The fourth-order valence-electron chi connectivity index (χ4n) is 1.72. The van der Waals surface area contributed by atoms with Gasteiger partial charge in [-0.1, -0.05) is 22.0 Å². The molecule has 2 N–H and O–H groups in total. The van der Waals surface area contributed by atoms with Gasteiger partial charge in [-0.15, -0.1) is 0 Å². The Morgan fingerprint density at radius 1 is 1.14 bits per heavy atom. The number of nitrogens with zero attached hydrogens (tertiary/aromatic N) is 1. The lowest BCUT2D eigenvalue weighted by molar-refractivity contribution is 0.0696. The number of nitrogens with one attached hydrogen (secondary N) is 1. The summed E-state index contributed by atoms with van der Waals surface area (Å²) in [4.78, 5) is 23.1. The summed E-state index contributed by atoms with van der Waals surface area (Å²) in [6, 6.07) is 12.6. The highest BCUT2D eigenvalue weighted by Gasteiger charge is 2.10. The van der Waals surface area contributed by atoms with Crippen LogP contribution in [-0.2, 0) is 0 Å². The highest BCUT2D eigenvalue weighted by Crippen LogP contribution is 2.20. The number of nitriles is 1. The van der Waals surface area contributed by atoms with Crippen molar-refractivity contribution in [2.75, 3.05) is 5.32 Å². The topological polar surface area (TPSA) is 90.2 Å². The molecule has 0 saturated carbocycles. The number of hydrogen-bond donors (Lipinski definition) is 2. The normalized spacial score (nSPS) is 9.71. The molecule has 21 heavy (non-hydrogen) atoms. The molecular formula is C15H9BrN2O3. The maximum absolute atomic E-state index is 12.1. The third-order valence-electron chi connectivity index (χ3n) is 2.66. The minimum Gasteiger partial charge on any atom is -0.478 e. The number of carboxylic acid groups (broad SMARTS) is 1. The van der Waals surface area contributed by atoms with E-state index in [1.165, 1.54) is 18.2 Å². The largest absolute Gasteiger partial charge is 0.478 e. The lowest BCUT2D eigenvalue weighted by Gasteiger charge is -2.07. The molecule has 1 amide bonds. The Labute approximate surface area is 129 Å². The first-order valence-electron chi connectivity index (χ1n) is 5.85. The second-order valence-electron chi connectivity index (χ2n) is 4.18. The Hall–Kier alpha value is -2.65. The number of carbonyl (C=O) groups is 2. The van der Waals surface area contributed by atoms with Gasteiger partial charge in [0.25, 0.3) is 5.91 Å². The van der Waals surface area contributed by atoms with Crippen LogP contribution >= 0.6 is 15.9 Å². The van der Waals surface area contributed by atoms with Gasteiger partial charge in [0.1, 0.15) is 0 Å². The van der Waals surface area contributed by atoms with Crippen molar-refractivity contribution >= 4 is 33.5 Å². The number of benzene rings is 2. The van der Waals surface area contributed by atoms with Crippen LogP contribution in [0.5, 0.6) is 0 Å². The molecule has 0 radical (unpaired) electrons. The van der Waals surface area contributed by atoms with Crippen molar-refractivity contribution in [1.82, 2.24) is 0 Å². The molecule has 2 aromatic rings. The Morgan fingerprint density at radius 2 is 1.90 bits per heavy atom. The molecule has 0 aliphatic rings. The van der Waals surface area contributed by atoms with Gasteiger partial charge in [-0.2, -0.15) is 5.26 Å². The predicted molar refractivity (Wildman–Crippen MR) is 80.2 cm³/mol. The molecule has 0 bridgehead atoms. The van der Waals surface area contributed by atoms with E-state index < -0.39 is 11.9 Å². The molecule has 6 heteroatoms. The van der Waals surface area contributed by atoms with E-state index in [4.69, 9.17) is 10.4 Å². The predicted octanol–water partition coefficient (Wildman–Crippen LogP) is 3.27. The van der Waals surface area contributed by atoms with Crippen LogP contribution < -0.4 is 5.32 Å². The number of halogens is 1. The van der Waals surface area contributed by atoms with Crippen LogP contribution in [0.3, 0.4) is 0 Å². The van der Waals surface area contributed by atoms with Gasteiger partial charge < -0.3 is 10.4 Å². The van der Waals surface area contributed by atoms with Crippen molar-refractivity contribution in [3.8, 4) is 6.07 Å². The van der Waals surface area contributed by atoms with Crippen LogP contribution in [0.15, 0.2) is 46.9 Å². The smallest absolute Gasteiger partial charge is 0.335 e. The summed E-state index contributed by atoms with van der Waals surface area (Å²) in [7, 11) is 0. The molecule has 0 atom stereocenters. The molecular weight excluding hydrogens is 336 g/mol. The van der Waals surface area contributed by atoms with Gasteiger partial charge in [0.05, 0.1) is 17.2 Å². The highest BCUT2D eigenvalue weighted by molar-refractivity contribution is 9.10. The van der Waals surface area contributed by atoms with Crippen molar-refractivity contribution < 1.29 is 14.7 Å². The average molecular weight is 345 g/mol. The average Bonchev–Trinajstić information content (AvgIpc) is 2.46. The van der Waals surface area contributed by atoms with Gasteiger partial charge in [-0.3, -0.25) is 4.79 Å². The first-order valence-corrected chi connectivity index (χ1v) is 6.64. The third kappa shape index (κ3) is 3.68. The van der Waals surface area contributed by atoms with Gasteiger partial charge in [0.15, 0.2) is 0 Å². The maximum Gasteiger partial charge on any atom is 0.335 e. The first-order chi connectivity index (χ1) is 9.99. The lowest BCUT2D eigenvalue weighted by atomic mass is 10.1. The van der Waals surface area contributed by atoms with Gasteiger partial charge in [0.2, 0.25) is 0 Å². The van der Waals surface area contributed by atoms with E-state index in [2.05, 4.69) is 21.2 Å². The zero-order valence-corrected chi connectivity index (χ0v) is 12.2. The Balaban J connectivity index is 2.27. The summed E-state index contributed by atoms with van der Waals surface area (Å²) in [5, 5.41) is 20.4. The summed E-state index contributed by atoms with van der Waals surface area (Å²) < 4.78 is 0.545. The standard InChI is InChI=1S/C15H9BrN2O3/c16-12-5-11(15(20)21)6-13(7-12)18-14(19)10-3-1-2-9(4-10)8-17/h1-7H,(H,18,19)(H,20,21). The SMILES string of the molecule is N#Cc1cccc(C(=O)Nc2cc(Br)cc(C(=O)O)c2)c1. The molecule has 104 valence electrons. The molecule has 5 nitrogen and oxygen atoms in total. The zero-order valence-electron chi connectivity index (χ0n) is 10.6. The second-order valence-corrected chi connectivity index (χ2v) is 5.10. The molecule has 0 aromatic heterocycles. The molecule has 0 unspecified atom stereocenters. The van der Waals surface area contributed by atoms with E-state index in [-0.39, 0.29) is 5.56 Å². The first kappa shape index (κ1) is 14.8. The minimum atomic E-state index is -1.08. The van der Waals surface area contributed by atoms with E-state index >= 15 is 0 Å². The quantitative estimate of drug-likeness (QED) is 0.893. The molecule has 0 spiro atoms. The van der Waals surface area contributed by atoms with Crippen LogP contribution in [0.1, 0.15) is 26.3 Å². The summed E-state index contributed by atoms with van der Waals surface area (Å²) in [6.45, 7) is 0. The maximum atomic E-state index is 12.1. The molecule has 0 heterocycles.